The number of rotatable bonds is 4. The van der Waals surface area contributed by atoms with E-state index in [1.807, 2.05) is 0 Å². The van der Waals surface area contributed by atoms with Crippen molar-refractivity contribution in [2.24, 2.45) is 11.8 Å². The van der Waals surface area contributed by atoms with Crippen LogP contribution in [0.3, 0.4) is 0 Å². The Morgan fingerprint density at radius 2 is 1.93 bits per heavy atom. The molecule has 1 heterocycles. The van der Waals surface area contributed by atoms with Crippen LogP contribution in [0.25, 0.3) is 0 Å². The molecule has 3 N–H and O–H groups in total. The van der Waals surface area contributed by atoms with Gasteiger partial charge >= 0.3 is 0 Å². The molecule has 0 spiro atoms. The highest BCUT2D eigenvalue weighted by Crippen LogP contribution is 2.30. The first-order valence-electron chi connectivity index (χ1n) is 5.54. The minimum Gasteiger partial charge on any atom is -0.358 e. The van der Waals surface area contributed by atoms with Crippen LogP contribution in [-0.2, 0) is 4.79 Å². The van der Waals surface area contributed by atoms with E-state index in [2.05, 4.69) is 16.0 Å². The third kappa shape index (κ3) is 2.25. The van der Waals surface area contributed by atoms with Gasteiger partial charge in [0.25, 0.3) is 0 Å². The second-order valence-electron chi connectivity index (χ2n) is 4.37. The molecule has 2 fully saturated rings. The maximum absolute atomic E-state index is 10.1. The Hall–Kier alpha value is -0.610. The fourth-order valence-corrected chi connectivity index (χ4v) is 2.49. The summed E-state index contributed by atoms with van der Waals surface area (Å²) in [4.78, 5) is 10.1. The molecule has 1 amide bonds. The summed E-state index contributed by atoms with van der Waals surface area (Å²) in [5, 5.41) is 9.56. The summed E-state index contributed by atoms with van der Waals surface area (Å²) < 4.78 is 0. The molecule has 2 rings (SSSR count). The highest BCUT2D eigenvalue weighted by atomic mass is 16.1. The topological polar surface area (TPSA) is 53.2 Å². The number of hydrogen-bond acceptors (Lipinski definition) is 3. The predicted molar refractivity (Wildman–Crippen MR) is 54.4 cm³/mol. The van der Waals surface area contributed by atoms with Gasteiger partial charge in [-0.2, -0.15) is 0 Å². The molecule has 0 radical (unpaired) electrons. The first kappa shape index (κ1) is 9.93. The molecule has 0 aromatic rings. The van der Waals surface area contributed by atoms with Gasteiger partial charge in [-0.3, -0.25) is 15.4 Å². The molecule has 4 heteroatoms. The lowest BCUT2D eigenvalue weighted by Gasteiger charge is -2.40. The molecular weight excluding hydrogens is 178 g/mol. The number of carbonyl (C=O) groups excluding carboxylic acids is 1. The van der Waals surface area contributed by atoms with E-state index in [4.69, 9.17) is 0 Å². The Balaban J connectivity index is 1.66. The Kier molecular flexibility index (Phi) is 3.37. The average molecular weight is 197 g/mol. The second-order valence-corrected chi connectivity index (χ2v) is 4.37. The lowest BCUT2D eigenvalue weighted by molar-refractivity contribution is -0.109. The molecule has 4 nitrogen and oxygen atoms in total. The van der Waals surface area contributed by atoms with Crippen LogP contribution in [0.2, 0.25) is 0 Å². The highest BCUT2D eigenvalue weighted by Gasteiger charge is 2.29. The monoisotopic (exact) mass is 197 g/mol. The molecule has 0 aromatic carbocycles. The molecule has 0 unspecified atom stereocenters. The molecule has 80 valence electrons. The van der Waals surface area contributed by atoms with Crippen molar-refractivity contribution < 1.29 is 4.79 Å². The summed E-state index contributed by atoms with van der Waals surface area (Å²) in [5.41, 5.74) is 0. The van der Waals surface area contributed by atoms with Crippen LogP contribution in [0.5, 0.6) is 0 Å². The van der Waals surface area contributed by atoms with Crippen LogP contribution >= 0.6 is 0 Å². The summed E-state index contributed by atoms with van der Waals surface area (Å²) in [5.74, 6) is 1.51. The summed E-state index contributed by atoms with van der Waals surface area (Å²) in [7, 11) is 0. The van der Waals surface area contributed by atoms with E-state index in [0.29, 0.717) is 12.1 Å². The Labute approximate surface area is 84.8 Å². The molecule has 1 saturated heterocycles. The SMILES string of the molecule is O=CNCC1CCC(C2NCN2)CC1. The van der Waals surface area contributed by atoms with E-state index in [1.54, 1.807) is 0 Å². The van der Waals surface area contributed by atoms with Crippen molar-refractivity contribution in [3.05, 3.63) is 0 Å². The first-order valence-corrected chi connectivity index (χ1v) is 5.54. The van der Waals surface area contributed by atoms with Crippen LogP contribution in [-0.4, -0.2) is 25.8 Å². The summed E-state index contributed by atoms with van der Waals surface area (Å²) in [6.07, 6.45) is 6.46. The number of carbonyl (C=O) groups is 1. The minimum atomic E-state index is 0.565. The van der Waals surface area contributed by atoms with Crippen molar-refractivity contribution >= 4 is 6.41 Å². The molecule has 1 aliphatic carbocycles. The average Bonchev–Trinajstić information content (AvgIpc) is 2.14. The molecule has 1 aliphatic heterocycles. The molecule has 0 bridgehead atoms. The Morgan fingerprint density at radius 3 is 2.43 bits per heavy atom. The lowest BCUT2D eigenvalue weighted by Crippen LogP contribution is -2.62. The van der Waals surface area contributed by atoms with Gasteiger partial charge in [0.1, 0.15) is 0 Å². The van der Waals surface area contributed by atoms with Crippen molar-refractivity contribution in [3.8, 4) is 0 Å². The quantitative estimate of drug-likeness (QED) is 0.557. The molecule has 0 aromatic heterocycles. The van der Waals surface area contributed by atoms with Crippen LogP contribution in [0.1, 0.15) is 25.7 Å². The van der Waals surface area contributed by atoms with E-state index in [1.165, 1.54) is 25.7 Å². The maximum Gasteiger partial charge on any atom is 0.207 e. The fourth-order valence-electron chi connectivity index (χ4n) is 2.49. The van der Waals surface area contributed by atoms with Gasteiger partial charge in [0, 0.05) is 13.2 Å². The zero-order valence-electron chi connectivity index (χ0n) is 8.46. The number of nitrogens with one attached hydrogen (secondary N) is 3. The number of hydrogen-bond donors (Lipinski definition) is 3. The molecular formula is C10H19N3O. The van der Waals surface area contributed by atoms with Gasteiger partial charge < -0.3 is 5.32 Å². The van der Waals surface area contributed by atoms with E-state index >= 15 is 0 Å². The zero-order chi connectivity index (χ0) is 9.80. The normalized spacial score (nSPS) is 33.4. The third-order valence-electron chi connectivity index (χ3n) is 3.50. The van der Waals surface area contributed by atoms with Crippen molar-refractivity contribution in [2.75, 3.05) is 13.2 Å². The molecule has 0 atom stereocenters. The van der Waals surface area contributed by atoms with Gasteiger partial charge in [-0.1, -0.05) is 0 Å². The van der Waals surface area contributed by atoms with Crippen molar-refractivity contribution in [3.63, 3.8) is 0 Å². The van der Waals surface area contributed by atoms with E-state index < -0.39 is 0 Å². The third-order valence-corrected chi connectivity index (χ3v) is 3.50. The van der Waals surface area contributed by atoms with Crippen LogP contribution < -0.4 is 16.0 Å². The van der Waals surface area contributed by atoms with Crippen LogP contribution in [0.15, 0.2) is 0 Å². The summed E-state index contributed by atoms with van der Waals surface area (Å²) in [6, 6.07) is 0. The minimum absolute atomic E-state index is 0.565. The molecule has 2 aliphatic rings. The largest absolute Gasteiger partial charge is 0.358 e. The zero-order valence-corrected chi connectivity index (χ0v) is 8.46. The summed E-state index contributed by atoms with van der Waals surface area (Å²) in [6.45, 7) is 1.83. The van der Waals surface area contributed by atoms with Gasteiger partial charge in [-0.25, -0.2) is 0 Å². The van der Waals surface area contributed by atoms with Crippen LogP contribution in [0, 0.1) is 11.8 Å². The van der Waals surface area contributed by atoms with E-state index in [9.17, 15) is 4.79 Å². The Bertz CT molecular complexity index is 186. The smallest absolute Gasteiger partial charge is 0.207 e. The van der Waals surface area contributed by atoms with Gasteiger partial charge in [0.05, 0.1) is 6.17 Å². The van der Waals surface area contributed by atoms with Crippen LogP contribution in [0.4, 0.5) is 0 Å². The van der Waals surface area contributed by atoms with E-state index in [0.717, 1.165) is 25.5 Å². The Morgan fingerprint density at radius 1 is 1.21 bits per heavy atom. The van der Waals surface area contributed by atoms with Crippen molar-refractivity contribution in [2.45, 2.75) is 31.8 Å². The van der Waals surface area contributed by atoms with Gasteiger partial charge in [0.15, 0.2) is 0 Å². The van der Waals surface area contributed by atoms with E-state index in [-0.39, 0.29) is 0 Å². The van der Waals surface area contributed by atoms with Crippen molar-refractivity contribution in [1.82, 2.24) is 16.0 Å². The summed E-state index contributed by atoms with van der Waals surface area (Å²) >= 11 is 0. The van der Waals surface area contributed by atoms with Gasteiger partial charge in [-0.15, -0.1) is 0 Å². The number of amides is 1. The standard InChI is InChI=1S/C10H19N3O/c14-7-11-5-8-1-3-9(4-2-8)10-12-6-13-10/h7-10,12-13H,1-6H2,(H,11,14). The second kappa shape index (κ2) is 4.75. The lowest BCUT2D eigenvalue weighted by atomic mass is 9.80. The predicted octanol–water partition coefficient (Wildman–Crippen LogP) is 0.0152. The first-order chi connectivity index (χ1) is 6.90. The maximum atomic E-state index is 10.1. The fraction of sp³-hybridized carbons (Fsp3) is 0.900. The van der Waals surface area contributed by atoms with Gasteiger partial charge in [-0.05, 0) is 37.5 Å². The molecule has 14 heavy (non-hydrogen) atoms. The van der Waals surface area contributed by atoms with Crippen molar-refractivity contribution in [1.29, 1.82) is 0 Å². The highest BCUT2D eigenvalue weighted by molar-refractivity contribution is 5.45. The van der Waals surface area contributed by atoms with Gasteiger partial charge in [0.2, 0.25) is 6.41 Å². The molecule has 1 saturated carbocycles.